The first-order valence-corrected chi connectivity index (χ1v) is 11.6. The Labute approximate surface area is 175 Å². The van der Waals surface area contributed by atoms with Crippen LogP contribution in [0, 0.1) is 0 Å². The fourth-order valence-electron chi connectivity index (χ4n) is 2.28. The number of hydrogen-bond acceptors (Lipinski definition) is 6. The van der Waals surface area contributed by atoms with Crippen LogP contribution in [0.25, 0.3) is 0 Å². The summed E-state index contributed by atoms with van der Waals surface area (Å²) >= 11 is 2.44. The molecular weight excluding hydrogens is 432 g/mol. The van der Waals surface area contributed by atoms with Gasteiger partial charge in [-0.15, -0.1) is 23.1 Å². The molecule has 2 aromatic carbocycles. The maximum Gasteiger partial charge on any atom is 0.335 e. The number of amides is 1. The van der Waals surface area contributed by atoms with Crippen LogP contribution in [0.15, 0.2) is 75.1 Å². The molecule has 150 valence electrons. The summed E-state index contributed by atoms with van der Waals surface area (Å²) in [4.78, 5) is 23.7. The predicted molar refractivity (Wildman–Crippen MR) is 114 cm³/mol. The Hall–Kier alpha value is -2.82. The number of thioether (sulfide) groups is 1. The minimum absolute atomic E-state index is 0.146. The Bertz CT molecular complexity index is 1090. The molecule has 1 aromatic heterocycles. The van der Waals surface area contributed by atoms with Crippen LogP contribution in [0.1, 0.15) is 10.4 Å². The maximum absolute atomic E-state index is 12.2. The van der Waals surface area contributed by atoms with Crippen molar-refractivity contribution in [1.82, 2.24) is 0 Å². The summed E-state index contributed by atoms with van der Waals surface area (Å²) in [5.41, 5.74) is 1.09. The molecule has 10 heteroatoms. The molecule has 29 heavy (non-hydrogen) atoms. The molecule has 7 nitrogen and oxygen atoms in total. The van der Waals surface area contributed by atoms with Crippen LogP contribution < -0.4 is 10.0 Å². The van der Waals surface area contributed by atoms with Gasteiger partial charge in [0.2, 0.25) is 5.91 Å². The standard InChI is InChI=1S/C19H16N2O5S3/c22-17(20-14-5-3-13(4-6-14)19(23)24)12-28-16-9-7-15(8-10-16)21-29(25,26)18-2-1-11-27-18/h1-11,21H,12H2,(H,20,22)(H,23,24). The minimum atomic E-state index is -3.59. The fourth-order valence-corrected chi connectivity index (χ4v) is 5.03. The Morgan fingerprint density at radius 2 is 1.62 bits per heavy atom. The summed E-state index contributed by atoms with van der Waals surface area (Å²) < 4.78 is 27.2. The number of sulfonamides is 1. The van der Waals surface area contributed by atoms with Crippen molar-refractivity contribution >= 4 is 56.4 Å². The van der Waals surface area contributed by atoms with Crippen LogP contribution in [0.3, 0.4) is 0 Å². The van der Waals surface area contributed by atoms with E-state index >= 15 is 0 Å². The van der Waals surface area contributed by atoms with E-state index in [0.717, 1.165) is 16.2 Å². The zero-order valence-corrected chi connectivity index (χ0v) is 17.3. The lowest BCUT2D eigenvalue weighted by atomic mass is 10.2. The van der Waals surface area contributed by atoms with Gasteiger partial charge in [0.15, 0.2) is 0 Å². The quantitative estimate of drug-likeness (QED) is 0.449. The van der Waals surface area contributed by atoms with Gasteiger partial charge in [0.05, 0.1) is 11.3 Å². The molecule has 0 spiro atoms. The molecule has 1 amide bonds. The van der Waals surface area contributed by atoms with Crippen molar-refractivity contribution in [3.63, 3.8) is 0 Å². The number of thiophene rings is 1. The van der Waals surface area contributed by atoms with E-state index in [-0.39, 0.29) is 21.4 Å². The van der Waals surface area contributed by atoms with Gasteiger partial charge in [-0.3, -0.25) is 9.52 Å². The molecule has 0 saturated carbocycles. The molecule has 0 aliphatic rings. The summed E-state index contributed by atoms with van der Waals surface area (Å²) in [6.45, 7) is 0. The van der Waals surface area contributed by atoms with Crippen molar-refractivity contribution < 1.29 is 23.1 Å². The zero-order valence-electron chi connectivity index (χ0n) is 14.9. The molecular formula is C19H16N2O5S3. The normalized spacial score (nSPS) is 11.0. The van der Waals surface area contributed by atoms with Gasteiger partial charge < -0.3 is 10.4 Å². The predicted octanol–water partition coefficient (Wildman–Crippen LogP) is 3.98. The largest absolute Gasteiger partial charge is 0.478 e. The third-order valence-electron chi connectivity index (χ3n) is 3.65. The summed E-state index contributed by atoms with van der Waals surface area (Å²) in [6, 6.07) is 15.8. The second kappa shape index (κ2) is 9.12. The average molecular weight is 449 g/mol. The van der Waals surface area contributed by atoms with Crippen LogP contribution in [-0.4, -0.2) is 31.2 Å². The number of carbonyl (C=O) groups excluding carboxylic acids is 1. The van der Waals surface area contributed by atoms with Gasteiger partial charge in [-0.2, -0.15) is 0 Å². The van der Waals surface area contributed by atoms with E-state index in [1.165, 1.54) is 42.1 Å². The third kappa shape index (κ3) is 5.83. The van der Waals surface area contributed by atoms with Crippen molar-refractivity contribution in [2.45, 2.75) is 9.10 Å². The van der Waals surface area contributed by atoms with Crippen LogP contribution in [-0.2, 0) is 14.8 Å². The highest BCUT2D eigenvalue weighted by Crippen LogP contribution is 2.24. The van der Waals surface area contributed by atoms with E-state index in [0.29, 0.717) is 11.4 Å². The number of benzene rings is 2. The summed E-state index contributed by atoms with van der Waals surface area (Å²) in [5, 5.41) is 13.3. The smallest absolute Gasteiger partial charge is 0.335 e. The molecule has 3 rings (SSSR count). The van der Waals surface area contributed by atoms with E-state index in [9.17, 15) is 18.0 Å². The Kier molecular flexibility index (Phi) is 6.57. The summed E-state index contributed by atoms with van der Waals surface area (Å²) in [6.07, 6.45) is 0. The van der Waals surface area contributed by atoms with Gasteiger partial charge in [0.1, 0.15) is 4.21 Å². The summed E-state index contributed by atoms with van der Waals surface area (Å²) in [5.74, 6) is -1.11. The second-order valence-corrected chi connectivity index (χ2v) is 9.69. The number of hydrogen-bond donors (Lipinski definition) is 3. The topological polar surface area (TPSA) is 113 Å². The molecule has 3 aromatic rings. The molecule has 0 aliphatic carbocycles. The molecule has 0 radical (unpaired) electrons. The van der Waals surface area contributed by atoms with Gasteiger partial charge in [-0.05, 0) is 60.0 Å². The number of nitrogens with one attached hydrogen (secondary N) is 2. The first-order valence-electron chi connectivity index (χ1n) is 8.26. The van der Waals surface area contributed by atoms with Gasteiger partial charge in [0, 0.05) is 16.3 Å². The van der Waals surface area contributed by atoms with Crippen molar-refractivity contribution in [2.75, 3.05) is 15.8 Å². The molecule has 1 heterocycles. The Morgan fingerprint density at radius 1 is 0.966 bits per heavy atom. The van der Waals surface area contributed by atoms with E-state index in [1.807, 2.05) is 0 Å². The Morgan fingerprint density at radius 3 is 2.21 bits per heavy atom. The van der Waals surface area contributed by atoms with Gasteiger partial charge in [-0.25, -0.2) is 13.2 Å². The monoisotopic (exact) mass is 448 g/mol. The maximum atomic E-state index is 12.2. The lowest BCUT2D eigenvalue weighted by molar-refractivity contribution is -0.113. The molecule has 0 fully saturated rings. The van der Waals surface area contributed by atoms with Crippen LogP contribution in [0.2, 0.25) is 0 Å². The highest BCUT2D eigenvalue weighted by atomic mass is 32.2. The van der Waals surface area contributed by atoms with E-state index in [4.69, 9.17) is 5.11 Å². The average Bonchev–Trinajstić information content (AvgIpc) is 3.23. The van der Waals surface area contributed by atoms with Gasteiger partial charge in [-0.1, -0.05) is 6.07 Å². The zero-order chi connectivity index (χ0) is 20.9. The molecule has 0 aliphatic heterocycles. The van der Waals surface area contributed by atoms with E-state index in [1.54, 1.807) is 35.7 Å². The third-order valence-corrected chi connectivity index (χ3v) is 7.44. The number of carboxylic acids is 1. The van der Waals surface area contributed by atoms with Crippen molar-refractivity contribution in [2.24, 2.45) is 0 Å². The Balaban J connectivity index is 1.52. The van der Waals surface area contributed by atoms with E-state index in [2.05, 4.69) is 10.0 Å². The number of rotatable bonds is 8. The van der Waals surface area contributed by atoms with Gasteiger partial charge >= 0.3 is 5.97 Å². The van der Waals surface area contributed by atoms with Crippen LogP contribution in [0.5, 0.6) is 0 Å². The summed E-state index contributed by atoms with van der Waals surface area (Å²) in [7, 11) is -3.59. The van der Waals surface area contributed by atoms with Crippen molar-refractivity contribution in [1.29, 1.82) is 0 Å². The first kappa shape index (κ1) is 20.9. The highest BCUT2D eigenvalue weighted by molar-refractivity contribution is 8.00. The SMILES string of the molecule is O=C(CSc1ccc(NS(=O)(=O)c2cccs2)cc1)Nc1ccc(C(=O)O)cc1. The van der Waals surface area contributed by atoms with Crippen LogP contribution >= 0.6 is 23.1 Å². The lowest BCUT2D eigenvalue weighted by Crippen LogP contribution is -2.14. The van der Waals surface area contributed by atoms with Gasteiger partial charge in [0.25, 0.3) is 10.0 Å². The number of carbonyl (C=O) groups is 2. The lowest BCUT2D eigenvalue weighted by Gasteiger charge is -2.08. The minimum Gasteiger partial charge on any atom is -0.478 e. The van der Waals surface area contributed by atoms with Crippen molar-refractivity contribution in [3.05, 3.63) is 71.6 Å². The van der Waals surface area contributed by atoms with Crippen LogP contribution in [0.4, 0.5) is 11.4 Å². The van der Waals surface area contributed by atoms with Crippen molar-refractivity contribution in [3.8, 4) is 0 Å². The number of carboxylic acid groups (broad SMARTS) is 1. The molecule has 0 atom stereocenters. The molecule has 0 saturated heterocycles. The molecule has 0 bridgehead atoms. The number of aromatic carboxylic acids is 1. The number of anilines is 2. The highest BCUT2D eigenvalue weighted by Gasteiger charge is 2.15. The fraction of sp³-hybridized carbons (Fsp3) is 0.0526. The molecule has 0 unspecified atom stereocenters. The second-order valence-electron chi connectivity index (χ2n) is 5.78. The first-order chi connectivity index (χ1) is 13.8. The van der Waals surface area contributed by atoms with E-state index < -0.39 is 16.0 Å². The molecule has 3 N–H and O–H groups in total.